The van der Waals surface area contributed by atoms with Crippen molar-refractivity contribution in [3.63, 3.8) is 0 Å². The predicted molar refractivity (Wildman–Crippen MR) is 134 cm³/mol. The summed E-state index contributed by atoms with van der Waals surface area (Å²) in [4.78, 5) is 9.00. The number of methoxy groups -OCH3 is 1. The number of ether oxygens (including phenoxy) is 1. The fraction of sp³-hybridized carbons (Fsp3) is 0.609. The molecule has 1 aromatic heterocycles. The Hall–Kier alpha value is -1.68. The van der Waals surface area contributed by atoms with Gasteiger partial charge in [0.05, 0.1) is 6.54 Å². The molecule has 1 aliphatic carbocycles. The standard InChI is InChI=1S/C23H34N6O.HI/c1-24-23(26-20-12-13-22-27-21(16-30-2)28-29(22)15-20)25-14-17-8-10-19(11-9-17)18-6-4-3-5-7-18;/h3-7,17,19-20H,8-16H2,1-2H3,(H2,24,25,26);1H. The molecule has 2 heterocycles. The van der Waals surface area contributed by atoms with Gasteiger partial charge in [-0.1, -0.05) is 30.3 Å². The lowest BCUT2D eigenvalue weighted by Crippen LogP contribution is -2.48. The highest BCUT2D eigenvalue weighted by Crippen LogP contribution is 2.35. The highest BCUT2D eigenvalue weighted by Gasteiger charge is 2.24. The van der Waals surface area contributed by atoms with Crippen LogP contribution in [0.1, 0.15) is 55.2 Å². The molecule has 0 bridgehead atoms. The minimum absolute atomic E-state index is 0. The Morgan fingerprint density at radius 1 is 1.16 bits per heavy atom. The van der Waals surface area contributed by atoms with Crippen LogP contribution < -0.4 is 10.6 Å². The van der Waals surface area contributed by atoms with Crippen LogP contribution in [0.15, 0.2) is 35.3 Å². The van der Waals surface area contributed by atoms with Crippen LogP contribution in [0.25, 0.3) is 0 Å². The highest BCUT2D eigenvalue weighted by atomic mass is 127. The van der Waals surface area contributed by atoms with E-state index in [2.05, 4.69) is 56.0 Å². The molecule has 2 N–H and O–H groups in total. The number of guanidine groups is 1. The predicted octanol–water partition coefficient (Wildman–Crippen LogP) is 3.50. The van der Waals surface area contributed by atoms with E-state index in [0.717, 1.165) is 49.5 Å². The van der Waals surface area contributed by atoms with Gasteiger partial charge in [-0.25, -0.2) is 9.67 Å². The molecule has 0 spiro atoms. The molecule has 1 fully saturated rings. The second-order valence-electron chi connectivity index (χ2n) is 8.52. The topological polar surface area (TPSA) is 76.4 Å². The van der Waals surface area contributed by atoms with Crippen LogP contribution in [-0.4, -0.2) is 47.5 Å². The van der Waals surface area contributed by atoms with E-state index in [-0.39, 0.29) is 24.0 Å². The molecular formula is C23H35IN6O. The summed E-state index contributed by atoms with van der Waals surface area (Å²) in [6.45, 7) is 2.27. The average molecular weight is 538 g/mol. The Labute approximate surface area is 202 Å². The molecule has 170 valence electrons. The average Bonchev–Trinajstić information content (AvgIpc) is 3.19. The van der Waals surface area contributed by atoms with Crippen molar-refractivity contribution in [1.82, 2.24) is 25.4 Å². The summed E-state index contributed by atoms with van der Waals surface area (Å²) in [5, 5.41) is 11.7. The van der Waals surface area contributed by atoms with E-state index in [1.54, 1.807) is 7.11 Å². The molecule has 0 amide bonds. The Kier molecular flexibility index (Phi) is 9.13. The summed E-state index contributed by atoms with van der Waals surface area (Å²) in [5.74, 6) is 4.15. The first-order valence-electron chi connectivity index (χ1n) is 11.2. The van der Waals surface area contributed by atoms with Crippen molar-refractivity contribution in [2.24, 2.45) is 10.9 Å². The number of nitrogens with one attached hydrogen (secondary N) is 2. The van der Waals surface area contributed by atoms with Crippen molar-refractivity contribution >= 4 is 29.9 Å². The lowest BCUT2D eigenvalue weighted by Gasteiger charge is -2.30. The summed E-state index contributed by atoms with van der Waals surface area (Å²) in [5.41, 5.74) is 1.50. The number of aromatic nitrogens is 3. The number of hydrogen-bond acceptors (Lipinski definition) is 4. The van der Waals surface area contributed by atoms with Crippen LogP contribution in [0.4, 0.5) is 0 Å². The second kappa shape index (κ2) is 11.8. The minimum atomic E-state index is 0. The maximum absolute atomic E-state index is 5.15. The number of aryl methyl sites for hydroxylation is 1. The first-order valence-corrected chi connectivity index (χ1v) is 11.2. The van der Waals surface area contributed by atoms with Crippen LogP contribution >= 0.6 is 24.0 Å². The van der Waals surface area contributed by atoms with E-state index in [1.165, 1.54) is 31.2 Å². The number of hydrogen-bond donors (Lipinski definition) is 2. The van der Waals surface area contributed by atoms with Gasteiger partial charge in [0.25, 0.3) is 0 Å². The zero-order valence-electron chi connectivity index (χ0n) is 18.6. The normalized spacial score (nSPS) is 23.5. The van der Waals surface area contributed by atoms with Crippen molar-refractivity contribution in [3.8, 4) is 0 Å². The van der Waals surface area contributed by atoms with Crippen LogP contribution in [0, 0.1) is 5.92 Å². The number of benzene rings is 1. The number of fused-ring (bicyclic) bond motifs is 1. The molecule has 31 heavy (non-hydrogen) atoms. The second-order valence-corrected chi connectivity index (χ2v) is 8.52. The first kappa shape index (κ1) is 24.0. The molecule has 7 nitrogen and oxygen atoms in total. The summed E-state index contributed by atoms with van der Waals surface area (Å²) in [6.07, 6.45) is 7.08. The van der Waals surface area contributed by atoms with Gasteiger partial charge in [0, 0.05) is 33.2 Å². The van der Waals surface area contributed by atoms with Gasteiger partial charge >= 0.3 is 0 Å². The van der Waals surface area contributed by atoms with Crippen LogP contribution in [0.2, 0.25) is 0 Å². The Morgan fingerprint density at radius 3 is 2.65 bits per heavy atom. The van der Waals surface area contributed by atoms with Crippen LogP contribution in [0.5, 0.6) is 0 Å². The largest absolute Gasteiger partial charge is 0.377 e. The van der Waals surface area contributed by atoms with E-state index >= 15 is 0 Å². The molecule has 1 aromatic carbocycles. The molecule has 0 saturated heterocycles. The molecule has 1 atom stereocenters. The molecule has 4 rings (SSSR count). The SMILES string of the molecule is CN=C(NCC1CCC(c2ccccc2)CC1)NC1CCc2nc(COC)nn2C1.I. The van der Waals surface area contributed by atoms with Crippen molar-refractivity contribution in [3.05, 3.63) is 47.5 Å². The van der Waals surface area contributed by atoms with Gasteiger partial charge in [0.1, 0.15) is 12.4 Å². The van der Waals surface area contributed by atoms with Gasteiger partial charge in [-0.15, -0.1) is 24.0 Å². The highest BCUT2D eigenvalue weighted by molar-refractivity contribution is 14.0. The maximum atomic E-state index is 5.15. The number of halogens is 1. The third-order valence-electron chi connectivity index (χ3n) is 6.42. The summed E-state index contributed by atoms with van der Waals surface area (Å²) in [6, 6.07) is 11.3. The van der Waals surface area contributed by atoms with E-state index in [4.69, 9.17) is 4.74 Å². The number of aliphatic imine (C=N–C) groups is 1. The number of rotatable bonds is 6. The van der Waals surface area contributed by atoms with Crippen molar-refractivity contribution < 1.29 is 4.74 Å². The molecule has 0 radical (unpaired) electrons. The Bertz CT molecular complexity index is 832. The van der Waals surface area contributed by atoms with E-state index in [0.29, 0.717) is 18.6 Å². The van der Waals surface area contributed by atoms with Crippen LogP contribution in [0.3, 0.4) is 0 Å². The molecule has 8 heteroatoms. The Balaban J connectivity index is 0.00000272. The first-order chi connectivity index (χ1) is 14.7. The smallest absolute Gasteiger partial charge is 0.191 e. The quantitative estimate of drug-likeness (QED) is 0.335. The maximum Gasteiger partial charge on any atom is 0.191 e. The van der Waals surface area contributed by atoms with Gasteiger partial charge in [-0.05, 0) is 49.5 Å². The van der Waals surface area contributed by atoms with Crippen molar-refractivity contribution in [2.45, 2.75) is 63.6 Å². The lowest BCUT2D eigenvalue weighted by molar-refractivity contribution is 0.177. The molecular weight excluding hydrogens is 503 g/mol. The third-order valence-corrected chi connectivity index (χ3v) is 6.42. The van der Waals surface area contributed by atoms with Gasteiger partial charge in [0.2, 0.25) is 0 Å². The fourth-order valence-corrected chi connectivity index (χ4v) is 4.72. The third kappa shape index (κ3) is 6.41. The molecule has 2 aromatic rings. The van der Waals surface area contributed by atoms with Crippen molar-refractivity contribution in [2.75, 3.05) is 20.7 Å². The number of nitrogens with zero attached hydrogens (tertiary/aromatic N) is 4. The molecule has 1 unspecified atom stereocenters. The summed E-state index contributed by atoms with van der Waals surface area (Å²) >= 11 is 0. The summed E-state index contributed by atoms with van der Waals surface area (Å²) < 4.78 is 7.16. The van der Waals surface area contributed by atoms with E-state index < -0.39 is 0 Å². The van der Waals surface area contributed by atoms with E-state index in [1.807, 2.05) is 11.7 Å². The molecule has 2 aliphatic rings. The molecule has 1 saturated carbocycles. The minimum Gasteiger partial charge on any atom is -0.377 e. The Morgan fingerprint density at radius 2 is 1.94 bits per heavy atom. The van der Waals surface area contributed by atoms with Gasteiger partial charge in [-0.2, -0.15) is 5.10 Å². The monoisotopic (exact) mass is 538 g/mol. The van der Waals surface area contributed by atoms with Crippen LogP contribution in [-0.2, 0) is 24.3 Å². The van der Waals surface area contributed by atoms with Gasteiger partial charge in [0.15, 0.2) is 11.8 Å². The van der Waals surface area contributed by atoms with Gasteiger partial charge < -0.3 is 15.4 Å². The summed E-state index contributed by atoms with van der Waals surface area (Å²) in [7, 11) is 3.52. The zero-order valence-corrected chi connectivity index (χ0v) is 20.9. The fourth-order valence-electron chi connectivity index (χ4n) is 4.72. The zero-order chi connectivity index (χ0) is 20.8. The molecule has 1 aliphatic heterocycles. The van der Waals surface area contributed by atoms with E-state index in [9.17, 15) is 0 Å². The van der Waals surface area contributed by atoms with Gasteiger partial charge in [-0.3, -0.25) is 4.99 Å². The lowest BCUT2D eigenvalue weighted by atomic mass is 9.79. The van der Waals surface area contributed by atoms with Crippen molar-refractivity contribution in [1.29, 1.82) is 0 Å².